The third-order valence-corrected chi connectivity index (χ3v) is 2.68. The van der Waals surface area contributed by atoms with E-state index < -0.39 is 0 Å². The molecule has 1 aliphatic rings. The fourth-order valence-corrected chi connectivity index (χ4v) is 1.98. The van der Waals surface area contributed by atoms with Crippen LogP contribution in [0.2, 0.25) is 0 Å². The molecular weight excluding hydrogens is 174 g/mol. The molecule has 0 bridgehead atoms. The normalized spacial score (nSPS) is 13.6. The van der Waals surface area contributed by atoms with Crippen LogP contribution >= 0.6 is 0 Å². The van der Waals surface area contributed by atoms with E-state index in [1.165, 1.54) is 17.1 Å². The van der Waals surface area contributed by atoms with Gasteiger partial charge >= 0.3 is 0 Å². The Morgan fingerprint density at radius 1 is 1.29 bits per heavy atom. The highest BCUT2D eigenvalue weighted by Crippen LogP contribution is 2.29. The first-order valence-corrected chi connectivity index (χ1v) is 4.68. The molecule has 0 radical (unpaired) electrons. The molecule has 0 saturated carbocycles. The number of aromatic nitrogens is 2. The quantitative estimate of drug-likeness (QED) is 0.624. The van der Waals surface area contributed by atoms with Crippen LogP contribution in [0, 0.1) is 0 Å². The minimum atomic E-state index is 0.950. The van der Waals surface area contributed by atoms with Gasteiger partial charge in [0.2, 0.25) is 0 Å². The summed E-state index contributed by atoms with van der Waals surface area (Å²) in [5.74, 6) is 0. The summed E-state index contributed by atoms with van der Waals surface area (Å²) in [5, 5.41) is 0. The van der Waals surface area contributed by atoms with Gasteiger partial charge in [0.15, 0.2) is 0 Å². The van der Waals surface area contributed by atoms with Gasteiger partial charge in [-0.2, -0.15) is 0 Å². The molecular formula is C11H11N3. The zero-order chi connectivity index (χ0) is 9.54. The second-order valence-corrected chi connectivity index (χ2v) is 3.59. The molecule has 0 amide bonds. The second-order valence-electron chi connectivity index (χ2n) is 3.59. The average molecular weight is 185 g/mol. The summed E-state index contributed by atoms with van der Waals surface area (Å²) in [6.45, 7) is 0.950. The van der Waals surface area contributed by atoms with E-state index in [0.717, 1.165) is 6.54 Å². The minimum Gasteiger partial charge on any atom is -0.366 e. The van der Waals surface area contributed by atoms with Crippen LogP contribution in [-0.2, 0) is 6.54 Å². The van der Waals surface area contributed by atoms with E-state index >= 15 is 0 Å². The number of rotatable bonds is 0. The van der Waals surface area contributed by atoms with Crippen molar-refractivity contribution in [2.75, 3.05) is 11.9 Å². The van der Waals surface area contributed by atoms with Gasteiger partial charge in [0.05, 0.1) is 24.1 Å². The van der Waals surface area contributed by atoms with E-state index in [1.807, 2.05) is 12.4 Å². The Morgan fingerprint density at radius 3 is 3.14 bits per heavy atom. The van der Waals surface area contributed by atoms with E-state index in [9.17, 15) is 0 Å². The van der Waals surface area contributed by atoms with Gasteiger partial charge in [0.25, 0.3) is 0 Å². The van der Waals surface area contributed by atoms with Gasteiger partial charge in [0, 0.05) is 25.1 Å². The fraction of sp³-hybridized carbons (Fsp3) is 0.182. The van der Waals surface area contributed by atoms with E-state index in [0.29, 0.717) is 0 Å². The van der Waals surface area contributed by atoms with Crippen LogP contribution in [-0.4, -0.2) is 16.6 Å². The van der Waals surface area contributed by atoms with Crippen molar-refractivity contribution in [2.45, 2.75) is 6.54 Å². The zero-order valence-corrected chi connectivity index (χ0v) is 8.01. The average Bonchev–Trinajstić information content (AvgIpc) is 2.66. The monoisotopic (exact) mass is 185 g/mol. The van der Waals surface area contributed by atoms with Crippen LogP contribution in [0.1, 0.15) is 5.69 Å². The van der Waals surface area contributed by atoms with Gasteiger partial charge in [-0.15, -0.1) is 0 Å². The maximum atomic E-state index is 4.15. The molecule has 0 fully saturated rings. The van der Waals surface area contributed by atoms with Crippen molar-refractivity contribution in [1.29, 1.82) is 0 Å². The van der Waals surface area contributed by atoms with Crippen molar-refractivity contribution in [2.24, 2.45) is 0 Å². The molecule has 70 valence electrons. The largest absolute Gasteiger partial charge is 0.366 e. The SMILES string of the molecule is CN1Cc2cccn2-c2ccncc21. The molecule has 2 aromatic heterocycles. The van der Waals surface area contributed by atoms with E-state index in [4.69, 9.17) is 0 Å². The van der Waals surface area contributed by atoms with Crippen LogP contribution in [0.4, 0.5) is 5.69 Å². The predicted octanol–water partition coefficient (Wildman–Crippen LogP) is 1.82. The fourth-order valence-electron chi connectivity index (χ4n) is 1.98. The van der Waals surface area contributed by atoms with E-state index in [1.54, 1.807) is 0 Å². The molecule has 1 aliphatic heterocycles. The minimum absolute atomic E-state index is 0.950. The lowest BCUT2D eigenvalue weighted by atomic mass is 10.2. The third kappa shape index (κ3) is 0.894. The highest BCUT2D eigenvalue weighted by atomic mass is 15.2. The zero-order valence-electron chi connectivity index (χ0n) is 8.01. The van der Waals surface area contributed by atoms with Crippen molar-refractivity contribution < 1.29 is 0 Å². The van der Waals surface area contributed by atoms with Gasteiger partial charge in [-0.05, 0) is 18.2 Å². The topological polar surface area (TPSA) is 21.1 Å². The Kier molecular flexibility index (Phi) is 1.42. The summed E-state index contributed by atoms with van der Waals surface area (Å²) in [4.78, 5) is 6.37. The molecule has 3 nitrogen and oxygen atoms in total. The molecule has 0 aliphatic carbocycles. The van der Waals surface area contributed by atoms with Gasteiger partial charge in [-0.25, -0.2) is 0 Å². The predicted molar refractivity (Wildman–Crippen MR) is 55.7 cm³/mol. The lowest BCUT2D eigenvalue weighted by Gasteiger charge is -2.28. The Labute approximate surface area is 82.6 Å². The first kappa shape index (κ1) is 7.62. The van der Waals surface area contributed by atoms with E-state index in [2.05, 4.69) is 45.9 Å². The molecule has 0 saturated heterocycles. The summed E-state index contributed by atoms with van der Waals surface area (Å²) >= 11 is 0. The first-order valence-electron chi connectivity index (χ1n) is 4.68. The molecule has 3 rings (SSSR count). The van der Waals surface area contributed by atoms with Crippen molar-refractivity contribution in [3.05, 3.63) is 42.5 Å². The first-order chi connectivity index (χ1) is 6.86. The number of fused-ring (bicyclic) bond motifs is 3. The summed E-state index contributed by atoms with van der Waals surface area (Å²) in [5.41, 5.74) is 3.73. The second kappa shape index (κ2) is 2.61. The van der Waals surface area contributed by atoms with Crippen LogP contribution in [0.5, 0.6) is 0 Å². The Bertz CT molecular complexity index is 473. The van der Waals surface area contributed by atoms with Gasteiger partial charge in [0.1, 0.15) is 0 Å². The lowest BCUT2D eigenvalue weighted by Crippen LogP contribution is -2.24. The molecule has 2 aromatic rings. The number of nitrogens with zero attached hydrogens (tertiary/aromatic N) is 3. The van der Waals surface area contributed by atoms with Gasteiger partial charge in [-0.3, -0.25) is 4.98 Å². The van der Waals surface area contributed by atoms with Crippen LogP contribution in [0.15, 0.2) is 36.8 Å². The summed E-state index contributed by atoms with van der Waals surface area (Å²) in [6.07, 6.45) is 5.85. The molecule has 3 heterocycles. The van der Waals surface area contributed by atoms with Crippen LogP contribution in [0.25, 0.3) is 5.69 Å². The lowest BCUT2D eigenvalue weighted by molar-refractivity contribution is 0.799. The van der Waals surface area contributed by atoms with Gasteiger partial charge in [-0.1, -0.05) is 0 Å². The maximum absolute atomic E-state index is 4.15. The summed E-state index contributed by atoms with van der Waals surface area (Å²) < 4.78 is 2.22. The molecule has 0 N–H and O–H groups in total. The van der Waals surface area contributed by atoms with Crippen LogP contribution in [0.3, 0.4) is 0 Å². The van der Waals surface area contributed by atoms with Crippen molar-refractivity contribution >= 4 is 5.69 Å². The summed E-state index contributed by atoms with van der Waals surface area (Å²) in [6, 6.07) is 6.28. The third-order valence-electron chi connectivity index (χ3n) is 2.68. The molecule has 0 unspecified atom stereocenters. The van der Waals surface area contributed by atoms with Crippen molar-refractivity contribution in [3.8, 4) is 5.69 Å². The standard InChI is InChI=1S/C11H11N3/c1-13-8-9-3-2-6-14(9)10-4-5-12-7-11(10)13/h2-7H,8H2,1H3. The van der Waals surface area contributed by atoms with Crippen molar-refractivity contribution in [1.82, 2.24) is 9.55 Å². The number of anilines is 1. The smallest absolute Gasteiger partial charge is 0.0798 e. The van der Waals surface area contributed by atoms with Gasteiger partial charge < -0.3 is 9.47 Å². The van der Waals surface area contributed by atoms with Crippen molar-refractivity contribution in [3.63, 3.8) is 0 Å². The highest BCUT2D eigenvalue weighted by Gasteiger charge is 2.17. The Hall–Kier alpha value is -1.77. The molecule has 3 heteroatoms. The van der Waals surface area contributed by atoms with Crippen LogP contribution < -0.4 is 4.90 Å². The molecule has 0 aromatic carbocycles. The summed E-state index contributed by atoms with van der Waals surface area (Å²) in [7, 11) is 2.09. The highest BCUT2D eigenvalue weighted by molar-refractivity contribution is 5.64. The molecule has 0 spiro atoms. The molecule has 14 heavy (non-hydrogen) atoms. The Balaban J connectivity index is 2.30. The van der Waals surface area contributed by atoms with E-state index in [-0.39, 0.29) is 0 Å². The molecule has 0 atom stereocenters. The number of hydrogen-bond donors (Lipinski definition) is 0. The Morgan fingerprint density at radius 2 is 2.21 bits per heavy atom. The maximum Gasteiger partial charge on any atom is 0.0798 e. The number of pyridine rings is 1. The number of hydrogen-bond acceptors (Lipinski definition) is 2.